The van der Waals surface area contributed by atoms with Gasteiger partial charge in [0.25, 0.3) is 0 Å². The van der Waals surface area contributed by atoms with Crippen LogP contribution in [-0.2, 0) is 0 Å². The molecule has 0 aromatic heterocycles. The van der Waals surface area contributed by atoms with Crippen molar-refractivity contribution in [2.45, 2.75) is 41.0 Å². The first kappa shape index (κ1) is 16.3. The number of benzene rings is 2. The Bertz CT molecular complexity index is 673. The number of hydrogen-bond acceptors (Lipinski definition) is 0. The Hall–Kier alpha value is -2.04. The second-order valence-electron chi connectivity index (χ2n) is 7.25. The van der Waals surface area contributed by atoms with Gasteiger partial charge in [-0.1, -0.05) is 80.9 Å². The fourth-order valence-electron chi connectivity index (χ4n) is 2.69. The second-order valence-corrected chi connectivity index (χ2v) is 7.25. The van der Waals surface area contributed by atoms with Gasteiger partial charge >= 0.3 is 0 Å². The van der Waals surface area contributed by atoms with E-state index in [1.54, 1.807) is 0 Å². The molecule has 22 heavy (non-hydrogen) atoms. The van der Waals surface area contributed by atoms with E-state index in [0.717, 1.165) is 6.42 Å². The first-order valence-corrected chi connectivity index (χ1v) is 7.94. The molecule has 0 saturated heterocycles. The van der Waals surface area contributed by atoms with E-state index in [4.69, 9.17) is 0 Å². The van der Waals surface area contributed by atoms with Gasteiger partial charge in [-0.25, -0.2) is 0 Å². The summed E-state index contributed by atoms with van der Waals surface area (Å²) >= 11 is 0. The summed E-state index contributed by atoms with van der Waals surface area (Å²) in [5.41, 5.74) is 10.2. The number of hydrogen-bond donors (Lipinski definition) is 0. The van der Waals surface area contributed by atoms with Crippen molar-refractivity contribution < 1.29 is 0 Å². The molecule has 0 unspecified atom stereocenters. The highest BCUT2D eigenvalue weighted by atomic mass is 14.2. The smallest absolute Gasteiger partial charge is 0.0308 e. The van der Waals surface area contributed by atoms with Crippen molar-refractivity contribution in [1.82, 2.24) is 0 Å². The monoisotopic (exact) mass is 290 g/mol. The van der Waals surface area contributed by atoms with E-state index in [1.165, 1.54) is 27.8 Å². The van der Waals surface area contributed by atoms with Gasteiger partial charge in [0.1, 0.15) is 0 Å². The van der Waals surface area contributed by atoms with Crippen molar-refractivity contribution in [3.05, 3.63) is 82.6 Å². The lowest BCUT2D eigenvalue weighted by Crippen LogP contribution is -2.04. The Balaban J connectivity index is 2.56. The molecule has 0 heteroatoms. The molecule has 0 aliphatic rings. The molecule has 0 bridgehead atoms. The molecule has 114 valence electrons. The number of aryl methyl sites for hydroxylation is 1. The third-order valence-corrected chi connectivity index (χ3v) is 3.54. The van der Waals surface area contributed by atoms with Crippen LogP contribution in [0, 0.1) is 12.3 Å². The van der Waals surface area contributed by atoms with Crippen LogP contribution in [0.2, 0.25) is 0 Å². The van der Waals surface area contributed by atoms with Crippen LogP contribution < -0.4 is 0 Å². The maximum absolute atomic E-state index is 3.66. The van der Waals surface area contributed by atoms with Crippen molar-refractivity contribution in [2.24, 2.45) is 5.41 Å². The molecular weight excluding hydrogens is 264 g/mol. The minimum Gasteiger partial charge on any atom is -0.113 e. The van der Waals surface area contributed by atoms with Crippen LogP contribution in [0.25, 0.3) is 5.57 Å². The molecule has 0 heterocycles. The molecule has 0 aliphatic carbocycles. The largest absolute Gasteiger partial charge is 0.113 e. The fourth-order valence-corrected chi connectivity index (χ4v) is 2.69. The molecule has 0 N–H and O–H groups in total. The summed E-state index contributed by atoms with van der Waals surface area (Å²) in [4.78, 5) is 0. The highest BCUT2D eigenvalue weighted by molar-refractivity contribution is 5.79. The van der Waals surface area contributed by atoms with Gasteiger partial charge in [0.15, 0.2) is 0 Å². The van der Waals surface area contributed by atoms with Crippen molar-refractivity contribution in [3.63, 3.8) is 0 Å². The highest BCUT2D eigenvalue weighted by Gasteiger charge is 2.11. The van der Waals surface area contributed by atoms with Crippen molar-refractivity contribution in [1.29, 1.82) is 0 Å². The van der Waals surface area contributed by atoms with E-state index < -0.39 is 0 Å². The number of rotatable bonds is 3. The molecule has 0 radical (unpaired) electrons. The lowest BCUT2D eigenvalue weighted by atomic mass is 9.88. The van der Waals surface area contributed by atoms with Gasteiger partial charge < -0.3 is 0 Å². The minimum atomic E-state index is 0.284. The summed E-state index contributed by atoms with van der Waals surface area (Å²) in [6.07, 6.45) is 1.05. The normalized spacial score (nSPS) is 11.0. The van der Waals surface area contributed by atoms with Gasteiger partial charge in [0.2, 0.25) is 0 Å². The molecular formula is C22H26. The quantitative estimate of drug-likeness (QED) is 0.573. The zero-order chi connectivity index (χ0) is 16.2. The molecule has 0 spiro atoms. The Morgan fingerprint density at radius 2 is 1.41 bits per heavy atom. The van der Waals surface area contributed by atoms with Crippen LogP contribution in [0.3, 0.4) is 0 Å². The van der Waals surface area contributed by atoms with E-state index in [0.29, 0.717) is 0 Å². The molecule has 2 aromatic carbocycles. The third-order valence-electron chi connectivity index (χ3n) is 3.54. The molecule has 2 aromatic rings. The van der Waals surface area contributed by atoms with Crippen molar-refractivity contribution in [3.8, 4) is 0 Å². The first-order chi connectivity index (χ1) is 10.3. The zero-order valence-corrected chi connectivity index (χ0v) is 14.4. The molecule has 0 saturated carbocycles. The molecule has 0 aliphatic heterocycles. The summed E-state index contributed by atoms with van der Waals surface area (Å²) in [6, 6.07) is 19.3. The first-order valence-electron chi connectivity index (χ1n) is 7.94. The fraction of sp³-hybridized carbons (Fsp3) is 0.318. The predicted molar refractivity (Wildman–Crippen MR) is 96.9 cm³/mol. The summed E-state index contributed by atoms with van der Waals surface area (Å²) in [7, 11) is 0. The lowest BCUT2D eigenvalue weighted by Gasteiger charge is -2.17. The SMILES string of the molecule is CC(=C=C(c1ccccc1)c1ccc(C)cc1)CC(C)(C)C. The third kappa shape index (κ3) is 4.76. The van der Waals surface area contributed by atoms with E-state index in [2.05, 4.69) is 94.9 Å². The van der Waals surface area contributed by atoms with Gasteiger partial charge in [-0.2, -0.15) is 0 Å². The van der Waals surface area contributed by atoms with Gasteiger partial charge in [-0.3, -0.25) is 0 Å². The second kappa shape index (κ2) is 6.81. The van der Waals surface area contributed by atoms with Gasteiger partial charge in [-0.05, 0) is 42.4 Å². The summed E-state index contributed by atoms with van der Waals surface area (Å²) in [6.45, 7) is 11.1. The van der Waals surface area contributed by atoms with Crippen LogP contribution in [0.5, 0.6) is 0 Å². The average Bonchev–Trinajstić information content (AvgIpc) is 2.45. The topological polar surface area (TPSA) is 0 Å². The maximum Gasteiger partial charge on any atom is 0.0308 e. The summed E-state index contributed by atoms with van der Waals surface area (Å²) in [5.74, 6) is 0. The maximum atomic E-state index is 3.66. The van der Waals surface area contributed by atoms with Crippen LogP contribution in [0.4, 0.5) is 0 Å². The molecule has 0 fully saturated rings. The average molecular weight is 290 g/mol. The van der Waals surface area contributed by atoms with Crippen LogP contribution >= 0.6 is 0 Å². The Morgan fingerprint density at radius 1 is 0.864 bits per heavy atom. The van der Waals surface area contributed by atoms with E-state index in [-0.39, 0.29) is 5.41 Å². The van der Waals surface area contributed by atoms with E-state index in [9.17, 15) is 0 Å². The van der Waals surface area contributed by atoms with Crippen molar-refractivity contribution >= 4 is 5.57 Å². The van der Waals surface area contributed by atoms with Crippen LogP contribution in [0.15, 0.2) is 65.9 Å². The van der Waals surface area contributed by atoms with Crippen LogP contribution in [-0.4, -0.2) is 0 Å². The predicted octanol–water partition coefficient (Wildman–Crippen LogP) is 6.41. The van der Waals surface area contributed by atoms with Gasteiger partial charge in [0.05, 0.1) is 0 Å². The van der Waals surface area contributed by atoms with E-state index in [1.807, 2.05) is 0 Å². The van der Waals surface area contributed by atoms with E-state index >= 15 is 0 Å². The number of allylic oxidation sites excluding steroid dienone is 1. The van der Waals surface area contributed by atoms with Gasteiger partial charge in [-0.15, -0.1) is 5.73 Å². The summed E-state index contributed by atoms with van der Waals surface area (Å²) in [5, 5.41) is 0. The molecule has 2 rings (SSSR count). The molecule has 0 atom stereocenters. The van der Waals surface area contributed by atoms with Crippen LogP contribution in [0.1, 0.15) is 50.8 Å². The zero-order valence-electron chi connectivity index (χ0n) is 14.4. The standard InChI is InChI=1S/C22H26/c1-17-11-13-20(14-12-17)21(19-9-7-6-8-10-19)15-18(2)16-22(3,4)5/h6-14H,16H2,1-5H3. The minimum absolute atomic E-state index is 0.284. The molecule has 0 nitrogen and oxygen atoms in total. The van der Waals surface area contributed by atoms with Gasteiger partial charge in [0, 0.05) is 5.57 Å². The molecule has 0 amide bonds. The Kier molecular flexibility index (Phi) is 5.06. The highest BCUT2D eigenvalue weighted by Crippen LogP contribution is 2.27. The Labute approximate surface area is 135 Å². The summed E-state index contributed by atoms with van der Waals surface area (Å²) < 4.78 is 0. The lowest BCUT2D eigenvalue weighted by molar-refractivity contribution is 0.410. The Morgan fingerprint density at radius 3 is 1.95 bits per heavy atom. The van der Waals surface area contributed by atoms with Crippen molar-refractivity contribution in [2.75, 3.05) is 0 Å².